The van der Waals surface area contributed by atoms with Crippen molar-refractivity contribution in [1.29, 1.82) is 0 Å². The maximum Gasteiger partial charge on any atom is 0.302 e. The monoisotopic (exact) mass is 288 g/mol. The smallest absolute Gasteiger partial charge is 0.302 e. The normalized spacial score (nSPS) is 17.0. The number of allylic oxidation sites excluding steroid dienone is 1. The zero-order valence-electron chi connectivity index (χ0n) is 13.4. The fourth-order valence-electron chi connectivity index (χ4n) is 3.13. The van der Waals surface area contributed by atoms with Crippen molar-refractivity contribution in [2.24, 2.45) is 5.92 Å². The van der Waals surface area contributed by atoms with Crippen LogP contribution in [0.5, 0.6) is 5.75 Å². The molecule has 0 unspecified atom stereocenters. The van der Waals surface area contributed by atoms with Crippen molar-refractivity contribution in [3.63, 3.8) is 0 Å². The first-order valence-corrected chi connectivity index (χ1v) is 7.41. The van der Waals surface area contributed by atoms with Crippen molar-refractivity contribution in [2.45, 2.75) is 46.6 Å². The fraction of sp³-hybridized carbons (Fsp3) is 0.500. The predicted molar refractivity (Wildman–Crippen MR) is 83.5 cm³/mol. The number of ether oxygens (including phenoxy) is 2. The van der Waals surface area contributed by atoms with E-state index in [0.717, 1.165) is 30.6 Å². The molecule has 2 rings (SSSR count). The highest BCUT2D eigenvalue weighted by atomic mass is 16.5. The van der Waals surface area contributed by atoms with E-state index in [0.29, 0.717) is 12.5 Å². The van der Waals surface area contributed by atoms with Crippen LogP contribution in [0.2, 0.25) is 0 Å². The van der Waals surface area contributed by atoms with Crippen molar-refractivity contribution in [3.8, 4) is 5.75 Å². The predicted octanol–water partition coefficient (Wildman–Crippen LogP) is 3.75. The standard InChI is InChI=1S/C18H24O3/c1-11(2)14-6-7-15-16(9-14)12(3)8-18(20-5)17(15)10-21-13(4)19/h8,14H,1,6-7,9-10H2,2-5H3/t14-/m1/s1. The van der Waals surface area contributed by atoms with Gasteiger partial charge in [0.1, 0.15) is 12.4 Å². The topological polar surface area (TPSA) is 35.5 Å². The molecule has 1 aliphatic carbocycles. The molecule has 0 radical (unpaired) electrons. The molecule has 0 aliphatic heterocycles. The number of carbonyl (C=O) groups is 1. The maximum absolute atomic E-state index is 11.1. The van der Waals surface area contributed by atoms with Crippen LogP contribution in [0.3, 0.4) is 0 Å². The van der Waals surface area contributed by atoms with Crippen molar-refractivity contribution in [3.05, 3.63) is 40.5 Å². The van der Waals surface area contributed by atoms with E-state index in [9.17, 15) is 4.79 Å². The van der Waals surface area contributed by atoms with Gasteiger partial charge in [0.2, 0.25) is 0 Å². The second kappa shape index (κ2) is 6.33. The minimum Gasteiger partial charge on any atom is -0.496 e. The molecule has 1 atom stereocenters. The molecule has 0 saturated carbocycles. The zero-order valence-corrected chi connectivity index (χ0v) is 13.4. The largest absolute Gasteiger partial charge is 0.496 e. The van der Waals surface area contributed by atoms with Crippen LogP contribution in [-0.4, -0.2) is 13.1 Å². The van der Waals surface area contributed by atoms with Crippen molar-refractivity contribution >= 4 is 5.97 Å². The van der Waals surface area contributed by atoms with Gasteiger partial charge in [0.25, 0.3) is 0 Å². The van der Waals surface area contributed by atoms with Crippen molar-refractivity contribution < 1.29 is 14.3 Å². The summed E-state index contributed by atoms with van der Waals surface area (Å²) in [6, 6.07) is 2.05. The molecule has 21 heavy (non-hydrogen) atoms. The van der Waals surface area contributed by atoms with E-state index in [1.165, 1.54) is 29.2 Å². The average Bonchev–Trinajstić information content (AvgIpc) is 2.45. The Balaban J connectivity index is 2.43. The molecule has 0 amide bonds. The van der Waals surface area contributed by atoms with Gasteiger partial charge >= 0.3 is 5.97 Å². The number of aryl methyl sites for hydroxylation is 1. The Morgan fingerprint density at radius 2 is 2.10 bits per heavy atom. The summed E-state index contributed by atoms with van der Waals surface area (Å²) in [6.45, 7) is 10.1. The van der Waals surface area contributed by atoms with Crippen molar-refractivity contribution in [1.82, 2.24) is 0 Å². The third-order valence-corrected chi connectivity index (χ3v) is 4.38. The van der Waals surface area contributed by atoms with Gasteiger partial charge in [0.05, 0.1) is 7.11 Å². The lowest BCUT2D eigenvalue weighted by molar-refractivity contribution is -0.142. The Morgan fingerprint density at radius 1 is 1.38 bits per heavy atom. The van der Waals surface area contributed by atoms with E-state index >= 15 is 0 Å². The van der Waals surface area contributed by atoms with Crippen LogP contribution in [-0.2, 0) is 29.0 Å². The Morgan fingerprint density at radius 3 is 2.67 bits per heavy atom. The molecule has 114 valence electrons. The summed E-state index contributed by atoms with van der Waals surface area (Å²) in [5, 5.41) is 0. The van der Waals surface area contributed by atoms with Gasteiger partial charge in [-0.15, -0.1) is 0 Å². The highest BCUT2D eigenvalue weighted by Gasteiger charge is 2.25. The van der Waals surface area contributed by atoms with Crippen LogP contribution in [0, 0.1) is 12.8 Å². The summed E-state index contributed by atoms with van der Waals surface area (Å²) in [5.74, 6) is 1.11. The highest BCUT2D eigenvalue weighted by molar-refractivity contribution is 5.66. The molecule has 0 aromatic heterocycles. The number of carbonyl (C=O) groups excluding carboxylic acids is 1. The maximum atomic E-state index is 11.1. The van der Waals surface area contributed by atoms with Crippen LogP contribution < -0.4 is 4.74 Å². The van der Waals surface area contributed by atoms with E-state index in [1.807, 2.05) is 0 Å². The Kier molecular flexibility index (Phi) is 4.71. The minimum absolute atomic E-state index is 0.262. The van der Waals surface area contributed by atoms with Gasteiger partial charge in [-0.25, -0.2) is 0 Å². The SMILES string of the molecule is C=C(C)[C@@H]1CCc2c(c(C)cc(OC)c2COC(C)=O)C1. The summed E-state index contributed by atoms with van der Waals surface area (Å²) in [5.41, 5.74) is 6.19. The zero-order chi connectivity index (χ0) is 15.6. The summed E-state index contributed by atoms with van der Waals surface area (Å²) in [4.78, 5) is 11.1. The number of hydrogen-bond acceptors (Lipinski definition) is 3. The van der Waals surface area contributed by atoms with Crippen LogP contribution >= 0.6 is 0 Å². The molecule has 0 fully saturated rings. The summed E-state index contributed by atoms with van der Waals surface area (Å²) in [6.07, 6.45) is 3.11. The number of methoxy groups -OCH3 is 1. The van der Waals surface area contributed by atoms with E-state index in [-0.39, 0.29) is 5.97 Å². The van der Waals surface area contributed by atoms with Gasteiger partial charge in [-0.3, -0.25) is 4.79 Å². The molecule has 0 N–H and O–H groups in total. The molecule has 1 aromatic rings. The van der Waals surface area contributed by atoms with Gasteiger partial charge in [-0.2, -0.15) is 0 Å². The quantitative estimate of drug-likeness (QED) is 0.625. The van der Waals surface area contributed by atoms with Crippen LogP contribution in [0.1, 0.15) is 42.5 Å². The molecule has 1 aliphatic rings. The van der Waals surface area contributed by atoms with Crippen LogP contribution in [0.15, 0.2) is 18.2 Å². The van der Waals surface area contributed by atoms with E-state index in [2.05, 4.69) is 26.5 Å². The molecule has 0 saturated heterocycles. The Bertz CT molecular complexity index is 572. The first-order chi connectivity index (χ1) is 9.93. The first kappa shape index (κ1) is 15.6. The highest BCUT2D eigenvalue weighted by Crippen LogP contribution is 2.37. The lowest BCUT2D eigenvalue weighted by Crippen LogP contribution is -2.19. The summed E-state index contributed by atoms with van der Waals surface area (Å²) >= 11 is 0. The van der Waals surface area contributed by atoms with Gasteiger partial charge in [0.15, 0.2) is 0 Å². The number of fused-ring (bicyclic) bond motifs is 1. The van der Waals surface area contributed by atoms with Gasteiger partial charge in [-0.05, 0) is 61.8 Å². The molecule has 3 nitrogen and oxygen atoms in total. The molecule has 0 spiro atoms. The molecular formula is C18H24O3. The summed E-state index contributed by atoms with van der Waals surface area (Å²) in [7, 11) is 1.66. The Labute approximate surface area is 127 Å². The third kappa shape index (κ3) is 3.29. The average molecular weight is 288 g/mol. The van der Waals surface area contributed by atoms with Crippen molar-refractivity contribution in [2.75, 3.05) is 7.11 Å². The number of rotatable bonds is 4. The molecular weight excluding hydrogens is 264 g/mol. The Hall–Kier alpha value is -1.77. The molecule has 3 heteroatoms. The summed E-state index contributed by atoms with van der Waals surface area (Å²) < 4.78 is 10.7. The van der Waals surface area contributed by atoms with E-state index in [1.54, 1.807) is 7.11 Å². The number of hydrogen-bond donors (Lipinski definition) is 0. The van der Waals surface area contributed by atoms with E-state index in [4.69, 9.17) is 9.47 Å². The lowest BCUT2D eigenvalue weighted by Gasteiger charge is -2.29. The second-order valence-corrected chi connectivity index (χ2v) is 5.90. The van der Waals surface area contributed by atoms with Gasteiger partial charge in [-0.1, -0.05) is 12.2 Å². The molecule has 0 bridgehead atoms. The third-order valence-electron chi connectivity index (χ3n) is 4.38. The minimum atomic E-state index is -0.262. The second-order valence-electron chi connectivity index (χ2n) is 5.90. The number of benzene rings is 1. The molecule has 0 heterocycles. The van der Waals surface area contributed by atoms with Gasteiger partial charge in [0, 0.05) is 12.5 Å². The lowest BCUT2D eigenvalue weighted by atomic mass is 9.77. The van der Waals surface area contributed by atoms with Crippen LogP contribution in [0.4, 0.5) is 0 Å². The fourth-order valence-corrected chi connectivity index (χ4v) is 3.13. The molecule has 1 aromatic carbocycles. The van der Waals surface area contributed by atoms with Gasteiger partial charge < -0.3 is 9.47 Å². The first-order valence-electron chi connectivity index (χ1n) is 7.41. The number of esters is 1. The van der Waals surface area contributed by atoms with Crippen LogP contribution in [0.25, 0.3) is 0 Å². The van der Waals surface area contributed by atoms with E-state index < -0.39 is 0 Å².